The van der Waals surface area contributed by atoms with Crippen LogP contribution in [0.3, 0.4) is 0 Å². The number of ether oxygens (including phenoxy) is 2. The number of carbonyl (C=O) groups excluding carboxylic acids is 3. The van der Waals surface area contributed by atoms with Gasteiger partial charge in [0.05, 0.1) is 25.6 Å². The van der Waals surface area contributed by atoms with E-state index in [1.807, 2.05) is 16.7 Å². The maximum Gasteiger partial charge on any atom is 0.333 e. The van der Waals surface area contributed by atoms with Crippen LogP contribution in [0.15, 0.2) is 41.7 Å². The number of anilines is 1. The molecule has 11 nitrogen and oxygen atoms in total. The lowest BCUT2D eigenvalue weighted by Gasteiger charge is -2.52. The number of carbonyl (C=O) groups is 3. The minimum Gasteiger partial charge on any atom is -0.494 e. The second kappa shape index (κ2) is 7.65. The van der Waals surface area contributed by atoms with Crippen molar-refractivity contribution in [3.63, 3.8) is 0 Å². The first-order valence-corrected chi connectivity index (χ1v) is 10.9. The van der Waals surface area contributed by atoms with Crippen LogP contribution in [0.5, 0.6) is 5.75 Å². The van der Waals surface area contributed by atoms with Crippen molar-refractivity contribution in [3.05, 3.63) is 53.4 Å². The van der Waals surface area contributed by atoms with E-state index in [9.17, 15) is 14.4 Å². The third kappa shape index (κ3) is 3.04. The van der Waals surface area contributed by atoms with Gasteiger partial charge in [-0.2, -0.15) is 4.99 Å². The number of nitrogens with one attached hydrogen (secondary N) is 1. The first-order valence-electron chi connectivity index (χ1n) is 10.9. The van der Waals surface area contributed by atoms with Crippen LogP contribution in [0.1, 0.15) is 15.9 Å². The zero-order valence-corrected chi connectivity index (χ0v) is 18.2. The molecular formula is C23H20N6O5. The fourth-order valence-electron chi connectivity index (χ4n) is 4.63. The Bertz CT molecular complexity index is 1430. The summed E-state index contributed by atoms with van der Waals surface area (Å²) in [5.74, 6) is 0.218. The quantitative estimate of drug-likeness (QED) is 0.550. The van der Waals surface area contributed by atoms with Crippen LogP contribution in [0.2, 0.25) is 0 Å². The van der Waals surface area contributed by atoms with Crippen molar-refractivity contribution in [2.24, 2.45) is 4.99 Å². The largest absolute Gasteiger partial charge is 0.494 e. The summed E-state index contributed by atoms with van der Waals surface area (Å²) in [6, 6.07) is 6.55. The van der Waals surface area contributed by atoms with Crippen molar-refractivity contribution < 1.29 is 23.9 Å². The standard InChI is InChI=1S/C23H20N6O5/c1-33-19-12(9-16(30)29-11-15-18(29)22(32)34-15)4-5-14-17(19)26-23(28-8-7-25-20(14)28)27-21(31)13-3-2-6-24-10-13/h2-6,10,15,18,25H,7-9,11H2,1H3/t15?,18-/m0/s1. The van der Waals surface area contributed by atoms with Gasteiger partial charge in [0, 0.05) is 36.4 Å². The maximum atomic E-state index is 12.8. The molecule has 0 bridgehead atoms. The summed E-state index contributed by atoms with van der Waals surface area (Å²) in [6.45, 7) is 1.69. The van der Waals surface area contributed by atoms with Crippen LogP contribution in [0, 0.1) is 0 Å². The van der Waals surface area contributed by atoms with E-state index in [-0.39, 0.29) is 30.0 Å². The summed E-state index contributed by atoms with van der Waals surface area (Å²) in [4.78, 5) is 51.6. The molecule has 1 unspecified atom stereocenters. The predicted octanol–water partition coefficient (Wildman–Crippen LogP) is 0.285. The van der Waals surface area contributed by atoms with Crippen molar-refractivity contribution in [1.29, 1.82) is 0 Å². The molecule has 0 aliphatic carbocycles. The fourth-order valence-corrected chi connectivity index (χ4v) is 4.63. The van der Waals surface area contributed by atoms with E-state index >= 15 is 0 Å². The van der Waals surface area contributed by atoms with Crippen LogP contribution < -0.4 is 15.7 Å². The molecule has 34 heavy (non-hydrogen) atoms. The molecule has 2 fully saturated rings. The Morgan fingerprint density at radius 3 is 2.94 bits per heavy atom. The summed E-state index contributed by atoms with van der Waals surface area (Å²) >= 11 is 0. The average Bonchev–Trinajstić information content (AvgIpc) is 3.32. The highest BCUT2D eigenvalue weighted by Gasteiger charge is 2.57. The van der Waals surface area contributed by atoms with Crippen LogP contribution in [-0.4, -0.2) is 69.6 Å². The van der Waals surface area contributed by atoms with Gasteiger partial charge in [0.15, 0.2) is 12.1 Å². The number of pyridine rings is 1. The second-order valence-corrected chi connectivity index (χ2v) is 8.29. The number of likely N-dealkylation sites (tertiary alicyclic amines) is 1. The van der Waals surface area contributed by atoms with E-state index in [1.54, 1.807) is 18.3 Å². The molecule has 1 N–H and O–H groups in total. The molecule has 11 heteroatoms. The third-order valence-electron chi connectivity index (χ3n) is 6.37. The molecule has 0 saturated carbocycles. The molecule has 2 saturated heterocycles. The minimum atomic E-state index is -0.468. The smallest absolute Gasteiger partial charge is 0.333 e. The molecule has 3 aliphatic heterocycles. The first kappa shape index (κ1) is 20.3. The van der Waals surface area contributed by atoms with Crippen molar-refractivity contribution in [1.82, 2.24) is 19.4 Å². The van der Waals surface area contributed by atoms with Gasteiger partial charge in [-0.3, -0.25) is 19.1 Å². The van der Waals surface area contributed by atoms with Crippen LogP contribution >= 0.6 is 0 Å². The van der Waals surface area contributed by atoms with Crippen LogP contribution in [0.4, 0.5) is 5.82 Å². The molecule has 2 atom stereocenters. The number of nitrogens with zero attached hydrogens (tertiary/aromatic N) is 5. The van der Waals surface area contributed by atoms with Gasteiger partial charge < -0.3 is 19.7 Å². The molecule has 3 aliphatic rings. The lowest BCUT2D eigenvalue weighted by molar-refractivity contribution is -0.218. The maximum absolute atomic E-state index is 12.8. The van der Waals surface area contributed by atoms with E-state index in [2.05, 4.69) is 20.3 Å². The Morgan fingerprint density at radius 1 is 1.32 bits per heavy atom. The SMILES string of the molecule is COc1c(CC(=O)N2CC3OC(=O)[C@H]32)ccc2c3n(c(=NC(=O)c4cccnc4)nc12)CCN3. The van der Waals surface area contributed by atoms with Gasteiger partial charge in [0.25, 0.3) is 5.91 Å². The summed E-state index contributed by atoms with van der Waals surface area (Å²) in [5, 5.41) is 4.12. The van der Waals surface area contributed by atoms with E-state index in [1.165, 1.54) is 18.2 Å². The molecule has 6 rings (SSSR count). The van der Waals surface area contributed by atoms with Crippen LogP contribution in [0.25, 0.3) is 10.9 Å². The lowest BCUT2D eigenvalue weighted by atomic mass is 9.92. The summed E-state index contributed by atoms with van der Waals surface area (Å²) < 4.78 is 12.5. The molecule has 3 aromatic rings. The normalized spacial score (nSPS) is 20.6. The number of hydrogen-bond donors (Lipinski definition) is 1. The summed E-state index contributed by atoms with van der Waals surface area (Å²) in [6.07, 6.45) is 2.92. The van der Waals surface area contributed by atoms with Gasteiger partial charge in [0.2, 0.25) is 11.5 Å². The van der Waals surface area contributed by atoms with Crippen molar-refractivity contribution in [2.75, 3.05) is 25.5 Å². The molecule has 5 heterocycles. The lowest BCUT2D eigenvalue weighted by Crippen LogP contribution is -2.74. The van der Waals surface area contributed by atoms with Gasteiger partial charge in [-0.15, -0.1) is 0 Å². The van der Waals surface area contributed by atoms with Crippen molar-refractivity contribution in [2.45, 2.75) is 25.1 Å². The number of morpholine rings is 1. The molecule has 1 aromatic carbocycles. The zero-order valence-electron chi connectivity index (χ0n) is 18.2. The Balaban J connectivity index is 1.42. The minimum absolute atomic E-state index is 0.0516. The van der Waals surface area contributed by atoms with Crippen LogP contribution in [-0.2, 0) is 27.3 Å². The second-order valence-electron chi connectivity index (χ2n) is 8.29. The highest BCUT2D eigenvalue weighted by atomic mass is 16.6. The molecule has 0 spiro atoms. The van der Waals surface area contributed by atoms with Gasteiger partial charge in [0.1, 0.15) is 17.1 Å². The van der Waals surface area contributed by atoms with Gasteiger partial charge in [-0.1, -0.05) is 6.07 Å². The average molecular weight is 460 g/mol. The zero-order chi connectivity index (χ0) is 23.4. The number of methoxy groups -OCH3 is 1. The van der Waals surface area contributed by atoms with Gasteiger partial charge in [-0.05, 0) is 18.2 Å². The number of hydrogen-bond acceptors (Lipinski definition) is 8. The predicted molar refractivity (Wildman–Crippen MR) is 118 cm³/mol. The number of esters is 1. The summed E-state index contributed by atoms with van der Waals surface area (Å²) in [7, 11) is 1.51. The molecule has 172 valence electrons. The Morgan fingerprint density at radius 2 is 2.21 bits per heavy atom. The van der Waals surface area contributed by atoms with E-state index in [0.717, 1.165) is 11.2 Å². The fraction of sp³-hybridized carbons (Fsp3) is 0.304. The number of amides is 2. The monoisotopic (exact) mass is 460 g/mol. The highest BCUT2D eigenvalue weighted by Crippen LogP contribution is 2.35. The molecule has 0 radical (unpaired) electrons. The Kier molecular flexibility index (Phi) is 4.57. The summed E-state index contributed by atoms with van der Waals surface area (Å²) in [5.41, 5.74) is 1.73. The Hall–Kier alpha value is -4.28. The first-order chi connectivity index (χ1) is 16.5. The third-order valence-corrected chi connectivity index (χ3v) is 6.37. The molecule has 2 aromatic heterocycles. The van der Waals surface area contributed by atoms with Crippen molar-refractivity contribution >= 4 is 34.5 Å². The van der Waals surface area contributed by atoms with Gasteiger partial charge >= 0.3 is 5.97 Å². The van der Waals surface area contributed by atoms with Gasteiger partial charge in [-0.25, -0.2) is 9.78 Å². The number of benzene rings is 1. The number of rotatable bonds is 4. The molecular weight excluding hydrogens is 440 g/mol. The highest BCUT2D eigenvalue weighted by molar-refractivity contribution is 5.97. The van der Waals surface area contributed by atoms with Crippen molar-refractivity contribution in [3.8, 4) is 5.75 Å². The van der Waals surface area contributed by atoms with E-state index < -0.39 is 11.9 Å². The van der Waals surface area contributed by atoms with E-state index in [4.69, 9.17) is 9.47 Å². The Labute approximate surface area is 193 Å². The van der Waals surface area contributed by atoms with E-state index in [0.29, 0.717) is 42.0 Å². The number of aromatic nitrogens is 3. The number of fused-ring (bicyclic) bond motifs is 4. The topological polar surface area (TPSA) is 128 Å². The molecule has 2 amide bonds.